The van der Waals surface area contributed by atoms with Crippen LogP contribution < -0.4 is 5.73 Å². The Hall–Kier alpha value is -1.84. The van der Waals surface area contributed by atoms with Crippen LogP contribution in [0.15, 0.2) is 24.4 Å². The van der Waals surface area contributed by atoms with Gasteiger partial charge in [-0.2, -0.15) is 5.10 Å². The average Bonchev–Trinajstić information content (AvgIpc) is 2.56. The molecule has 0 spiro atoms. The molecule has 2 heterocycles. The number of primary amides is 1. The van der Waals surface area contributed by atoms with E-state index < -0.39 is 5.91 Å². The molecule has 4 nitrogen and oxygen atoms in total. The molecule has 16 heavy (non-hydrogen) atoms. The van der Waals surface area contributed by atoms with Crippen molar-refractivity contribution in [1.82, 2.24) is 9.61 Å². The van der Waals surface area contributed by atoms with E-state index in [4.69, 9.17) is 5.73 Å². The number of nitrogens with zero attached hydrogens (tertiary/aromatic N) is 2. The van der Waals surface area contributed by atoms with Gasteiger partial charge >= 0.3 is 0 Å². The molecular weight excluding hydrogens is 202 g/mol. The molecule has 0 radical (unpaired) electrons. The summed E-state index contributed by atoms with van der Waals surface area (Å²) >= 11 is 0. The molecule has 1 fully saturated rings. The second-order valence-electron chi connectivity index (χ2n) is 4.35. The maximum absolute atomic E-state index is 11.0. The molecule has 4 heteroatoms. The smallest absolute Gasteiger partial charge is 0.248 e. The fourth-order valence-electron chi connectivity index (χ4n) is 2.07. The first-order valence-electron chi connectivity index (χ1n) is 5.53. The zero-order chi connectivity index (χ0) is 11.1. The van der Waals surface area contributed by atoms with E-state index in [1.54, 1.807) is 22.8 Å². The summed E-state index contributed by atoms with van der Waals surface area (Å²) in [5.74, 6) is 0.214. The Morgan fingerprint density at radius 3 is 2.88 bits per heavy atom. The summed E-state index contributed by atoms with van der Waals surface area (Å²) < 4.78 is 1.81. The molecule has 0 bridgehead atoms. The zero-order valence-corrected chi connectivity index (χ0v) is 8.89. The van der Waals surface area contributed by atoms with Gasteiger partial charge in [-0.15, -0.1) is 0 Å². The van der Waals surface area contributed by atoms with E-state index in [1.807, 2.05) is 0 Å². The van der Waals surface area contributed by atoms with E-state index in [0.29, 0.717) is 11.5 Å². The number of aromatic nitrogens is 2. The van der Waals surface area contributed by atoms with Gasteiger partial charge < -0.3 is 5.73 Å². The van der Waals surface area contributed by atoms with Crippen LogP contribution in [0.4, 0.5) is 0 Å². The summed E-state index contributed by atoms with van der Waals surface area (Å²) in [5.41, 5.74) is 7.85. The minimum atomic E-state index is -0.395. The lowest BCUT2D eigenvalue weighted by molar-refractivity contribution is 0.100. The van der Waals surface area contributed by atoms with Crippen LogP contribution in [-0.4, -0.2) is 15.5 Å². The van der Waals surface area contributed by atoms with Gasteiger partial charge in [-0.3, -0.25) is 4.79 Å². The van der Waals surface area contributed by atoms with Crippen LogP contribution in [0, 0.1) is 0 Å². The molecule has 2 N–H and O–H groups in total. The van der Waals surface area contributed by atoms with Crippen molar-refractivity contribution < 1.29 is 4.79 Å². The molecule has 3 rings (SSSR count). The third-order valence-corrected chi connectivity index (χ3v) is 3.29. The second kappa shape index (κ2) is 3.33. The van der Waals surface area contributed by atoms with Gasteiger partial charge in [0.1, 0.15) is 0 Å². The molecule has 0 atom stereocenters. The predicted octanol–water partition coefficient (Wildman–Crippen LogP) is 1.70. The van der Waals surface area contributed by atoms with Crippen molar-refractivity contribution in [3.8, 4) is 0 Å². The third kappa shape index (κ3) is 1.38. The van der Waals surface area contributed by atoms with E-state index in [-0.39, 0.29) is 0 Å². The predicted molar refractivity (Wildman–Crippen MR) is 60.3 cm³/mol. The minimum absolute atomic E-state index is 0.395. The van der Waals surface area contributed by atoms with Crippen LogP contribution in [0.2, 0.25) is 0 Å². The van der Waals surface area contributed by atoms with Crippen molar-refractivity contribution in [3.63, 3.8) is 0 Å². The number of hydrogen-bond acceptors (Lipinski definition) is 2. The molecule has 2 aromatic heterocycles. The van der Waals surface area contributed by atoms with E-state index >= 15 is 0 Å². The fourth-order valence-corrected chi connectivity index (χ4v) is 2.07. The van der Waals surface area contributed by atoms with Crippen LogP contribution in [0.25, 0.3) is 5.52 Å². The summed E-state index contributed by atoms with van der Waals surface area (Å²) in [6, 6.07) is 5.54. The Labute approximate surface area is 93.1 Å². The zero-order valence-electron chi connectivity index (χ0n) is 8.89. The highest BCUT2D eigenvalue weighted by molar-refractivity contribution is 5.93. The first kappa shape index (κ1) is 9.39. The molecule has 1 aliphatic rings. The van der Waals surface area contributed by atoms with E-state index in [9.17, 15) is 4.79 Å². The van der Waals surface area contributed by atoms with Crippen LogP contribution in [0.3, 0.4) is 0 Å². The van der Waals surface area contributed by atoms with Gasteiger partial charge in [0.2, 0.25) is 5.91 Å². The first-order valence-corrected chi connectivity index (χ1v) is 5.53. The lowest BCUT2D eigenvalue weighted by Gasteiger charge is -2.22. The van der Waals surface area contributed by atoms with Crippen LogP contribution in [0.1, 0.15) is 41.2 Å². The number of rotatable bonds is 2. The van der Waals surface area contributed by atoms with Gasteiger partial charge in [0.25, 0.3) is 0 Å². The minimum Gasteiger partial charge on any atom is -0.366 e. The first-order chi connectivity index (χ1) is 7.74. The monoisotopic (exact) mass is 215 g/mol. The Morgan fingerprint density at radius 2 is 2.25 bits per heavy atom. The summed E-state index contributed by atoms with van der Waals surface area (Å²) in [6.45, 7) is 0. The summed E-state index contributed by atoms with van der Waals surface area (Å²) in [7, 11) is 0. The number of nitrogens with two attached hydrogens (primary N) is 1. The maximum Gasteiger partial charge on any atom is 0.248 e. The number of fused-ring (bicyclic) bond motifs is 1. The Morgan fingerprint density at radius 1 is 1.44 bits per heavy atom. The van der Waals surface area contributed by atoms with Crippen molar-refractivity contribution in [2.24, 2.45) is 5.73 Å². The molecule has 1 aliphatic carbocycles. The number of amides is 1. The van der Waals surface area contributed by atoms with Gasteiger partial charge in [0.15, 0.2) is 0 Å². The second-order valence-corrected chi connectivity index (χ2v) is 4.35. The number of carbonyl (C=O) groups is 1. The van der Waals surface area contributed by atoms with E-state index in [2.05, 4.69) is 11.2 Å². The molecule has 2 aromatic rings. The fraction of sp³-hybridized carbons (Fsp3) is 0.333. The maximum atomic E-state index is 11.0. The van der Waals surface area contributed by atoms with Crippen molar-refractivity contribution >= 4 is 11.4 Å². The summed E-state index contributed by atoms with van der Waals surface area (Å²) in [5, 5.41) is 4.50. The van der Waals surface area contributed by atoms with Crippen LogP contribution in [0.5, 0.6) is 0 Å². The van der Waals surface area contributed by atoms with Crippen LogP contribution >= 0.6 is 0 Å². The summed E-state index contributed by atoms with van der Waals surface area (Å²) in [6.07, 6.45) is 5.54. The molecular formula is C12H13N3O. The lowest BCUT2D eigenvalue weighted by atomic mass is 9.83. The number of pyridine rings is 1. The SMILES string of the molecule is NC(=O)c1ccn2nc(C3CCC3)cc2c1. The summed E-state index contributed by atoms with van der Waals surface area (Å²) in [4.78, 5) is 11.0. The number of hydrogen-bond donors (Lipinski definition) is 1. The van der Waals surface area contributed by atoms with Crippen molar-refractivity contribution in [2.75, 3.05) is 0 Å². The lowest BCUT2D eigenvalue weighted by Crippen LogP contribution is -2.11. The van der Waals surface area contributed by atoms with Gasteiger partial charge in [-0.1, -0.05) is 6.42 Å². The molecule has 0 unspecified atom stereocenters. The highest BCUT2D eigenvalue weighted by Gasteiger charge is 2.22. The van der Waals surface area contributed by atoms with Gasteiger partial charge in [-0.05, 0) is 31.0 Å². The number of carbonyl (C=O) groups excluding carboxylic acids is 1. The molecule has 0 aliphatic heterocycles. The largest absolute Gasteiger partial charge is 0.366 e. The standard InChI is InChI=1S/C12H13N3O/c13-12(16)9-4-5-15-10(6-9)7-11(14-15)8-2-1-3-8/h4-8H,1-3H2,(H2,13,16). The quantitative estimate of drug-likeness (QED) is 0.828. The van der Waals surface area contributed by atoms with Crippen molar-refractivity contribution in [1.29, 1.82) is 0 Å². The van der Waals surface area contributed by atoms with Gasteiger partial charge in [-0.25, -0.2) is 4.52 Å². The molecule has 1 amide bonds. The topological polar surface area (TPSA) is 60.4 Å². The third-order valence-electron chi connectivity index (χ3n) is 3.29. The molecule has 82 valence electrons. The average molecular weight is 215 g/mol. The van der Waals surface area contributed by atoms with Gasteiger partial charge in [0.05, 0.1) is 11.2 Å². The molecule has 1 saturated carbocycles. The van der Waals surface area contributed by atoms with Gasteiger partial charge in [0, 0.05) is 17.7 Å². The normalized spacial score (nSPS) is 16.2. The van der Waals surface area contributed by atoms with E-state index in [1.165, 1.54) is 19.3 Å². The highest BCUT2D eigenvalue weighted by Crippen LogP contribution is 2.35. The van der Waals surface area contributed by atoms with Crippen molar-refractivity contribution in [2.45, 2.75) is 25.2 Å². The Bertz CT molecular complexity index is 554. The Balaban J connectivity index is 2.06. The van der Waals surface area contributed by atoms with Crippen molar-refractivity contribution in [3.05, 3.63) is 35.7 Å². The van der Waals surface area contributed by atoms with E-state index in [0.717, 1.165) is 11.2 Å². The molecule has 0 aromatic carbocycles. The van der Waals surface area contributed by atoms with Crippen LogP contribution in [-0.2, 0) is 0 Å². The highest BCUT2D eigenvalue weighted by atomic mass is 16.1. The molecule has 0 saturated heterocycles. The Kier molecular flexibility index (Phi) is 1.96.